The van der Waals surface area contributed by atoms with E-state index in [1.807, 2.05) is 49.3 Å². The Bertz CT molecular complexity index is 751. The van der Waals surface area contributed by atoms with Gasteiger partial charge < -0.3 is 15.0 Å². The number of anilines is 1. The van der Waals surface area contributed by atoms with Crippen LogP contribution >= 0.6 is 0 Å². The molecule has 0 aromatic heterocycles. The number of hydrogen-bond acceptors (Lipinski definition) is 4. The highest BCUT2D eigenvalue weighted by molar-refractivity contribution is 5.95. The second kappa shape index (κ2) is 10.4. The Labute approximate surface area is 168 Å². The molecule has 0 spiro atoms. The summed E-state index contributed by atoms with van der Waals surface area (Å²) in [5.74, 6) is 0.161. The van der Waals surface area contributed by atoms with E-state index >= 15 is 0 Å². The van der Waals surface area contributed by atoms with Gasteiger partial charge in [0.2, 0.25) is 5.91 Å². The molecule has 0 radical (unpaired) electrons. The normalized spacial score (nSPS) is 16.8. The van der Waals surface area contributed by atoms with Crippen molar-refractivity contribution in [1.82, 2.24) is 10.2 Å². The fourth-order valence-electron chi connectivity index (χ4n) is 3.59. The molecular weight excluding hydrogens is 350 g/mol. The summed E-state index contributed by atoms with van der Waals surface area (Å²) in [5, 5.41) is 3.20. The molecule has 1 unspecified atom stereocenters. The minimum absolute atomic E-state index is 0.0470. The first kappa shape index (κ1) is 20.5. The lowest BCUT2D eigenvalue weighted by molar-refractivity contribution is -0.118. The second-order valence-electron chi connectivity index (χ2n) is 7.41. The van der Waals surface area contributed by atoms with Crippen molar-refractivity contribution in [2.24, 2.45) is 0 Å². The number of benzene rings is 2. The van der Waals surface area contributed by atoms with Crippen LogP contribution in [0.15, 0.2) is 54.6 Å². The van der Waals surface area contributed by atoms with Crippen LogP contribution in [0.5, 0.6) is 0 Å². The monoisotopic (exact) mass is 381 g/mol. The number of carbonyl (C=O) groups excluding carboxylic acids is 1. The molecule has 28 heavy (non-hydrogen) atoms. The van der Waals surface area contributed by atoms with Gasteiger partial charge in [-0.15, -0.1) is 0 Å². The minimum Gasteiger partial charge on any atom is -0.369 e. The zero-order valence-corrected chi connectivity index (χ0v) is 16.9. The van der Waals surface area contributed by atoms with E-state index in [1.54, 1.807) is 0 Å². The molecule has 0 saturated carbocycles. The highest BCUT2D eigenvalue weighted by Gasteiger charge is 2.21. The molecule has 1 aliphatic heterocycles. The largest absolute Gasteiger partial charge is 0.369 e. The molecule has 1 aliphatic rings. The van der Waals surface area contributed by atoms with Crippen molar-refractivity contribution in [3.63, 3.8) is 0 Å². The van der Waals surface area contributed by atoms with E-state index in [1.165, 1.54) is 5.56 Å². The van der Waals surface area contributed by atoms with Gasteiger partial charge in [0.1, 0.15) is 0 Å². The van der Waals surface area contributed by atoms with Gasteiger partial charge in [0.05, 0.1) is 19.3 Å². The Morgan fingerprint density at radius 1 is 1.11 bits per heavy atom. The average molecular weight is 382 g/mol. The van der Waals surface area contributed by atoms with E-state index in [-0.39, 0.29) is 12.0 Å². The molecule has 1 fully saturated rings. The Morgan fingerprint density at radius 2 is 1.93 bits per heavy atom. The van der Waals surface area contributed by atoms with Gasteiger partial charge in [-0.1, -0.05) is 42.5 Å². The summed E-state index contributed by atoms with van der Waals surface area (Å²) in [6.45, 7) is 3.62. The molecule has 2 aromatic rings. The number of nitrogens with one attached hydrogen (secondary N) is 1. The van der Waals surface area contributed by atoms with Crippen molar-refractivity contribution in [3.05, 3.63) is 65.7 Å². The molecule has 0 bridgehead atoms. The second-order valence-corrected chi connectivity index (χ2v) is 7.41. The van der Waals surface area contributed by atoms with Gasteiger partial charge in [0.25, 0.3) is 0 Å². The lowest BCUT2D eigenvalue weighted by Crippen LogP contribution is -2.35. The molecule has 1 atom stereocenters. The highest BCUT2D eigenvalue weighted by atomic mass is 16.5. The number of hydrogen-bond donors (Lipinski definition) is 1. The summed E-state index contributed by atoms with van der Waals surface area (Å²) in [5.41, 5.74) is 3.25. The fourth-order valence-corrected chi connectivity index (χ4v) is 3.59. The summed E-state index contributed by atoms with van der Waals surface area (Å²) >= 11 is 0. The van der Waals surface area contributed by atoms with Gasteiger partial charge in [-0.25, -0.2) is 0 Å². The summed E-state index contributed by atoms with van der Waals surface area (Å²) < 4.78 is 6.28. The van der Waals surface area contributed by atoms with Crippen LogP contribution in [0.25, 0.3) is 0 Å². The smallest absolute Gasteiger partial charge is 0.241 e. The van der Waals surface area contributed by atoms with Crippen LogP contribution in [0.3, 0.4) is 0 Å². The van der Waals surface area contributed by atoms with Crippen molar-refractivity contribution < 1.29 is 9.53 Å². The third-order valence-electron chi connectivity index (χ3n) is 5.13. The Morgan fingerprint density at radius 3 is 2.71 bits per heavy atom. The van der Waals surface area contributed by atoms with E-state index < -0.39 is 0 Å². The molecule has 2 aromatic carbocycles. The fraction of sp³-hybridized carbons (Fsp3) is 0.435. The van der Waals surface area contributed by atoms with Crippen molar-refractivity contribution in [2.45, 2.75) is 25.6 Å². The standard InChI is InChI=1S/C23H31N3O2/c1-24-13-12-22(20-9-4-3-5-10-20)28-18-19-8-6-11-21(16-19)26-15-7-14-25(2)17-23(26)27/h3-6,8-11,16,22,24H,7,12-15,17-18H2,1-2H3. The average Bonchev–Trinajstić information content (AvgIpc) is 2.89. The molecule has 1 heterocycles. The molecule has 1 amide bonds. The zero-order chi connectivity index (χ0) is 19.8. The SMILES string of the molecule is CNCCC(OCc1cccc(N2CCCN(C)CC2=O)c1)c1ccccc1. The lowest BCUT2D eigenvalue weighted by Gasteiger charge is -2.22. The van der Waals surface area contributed by atoms with Crippen molar-refractivity contribution in [1.29, 1.82) is 0 Å². The predicted octanol–water partition coefficient (Wildman–Crippen LogP) is 3.22. The van der Waals surface area contributed by atoms with Gasteiger partial charge >= 0.3 is 0 Å². The Hall–Kier alpha value is -2.21. The molecule has 5 heteroatoms. The number of likely N-dealkylation sites (N-methyl/N-ethyl adjacent to an activating group) is 1. The van der Waals surface area contributed by atoms with Crippen molar-refractivity contribution in [2.75, 3.05) is 45.2 Å². The highest BCUT2D eigenvalue weighted by Crippen LogP contribution is 2.24. The Balaban J connectivity index is 1.68. The first-order valence-electron chi connectivity index (χ1n) is 10.1. The third kappa shape index (κ3) is 5.64. The lowest BCUT2D eigenvalue weighted by atomic mass is 10.1. The molecule has 150 valence electrons. The zero-order valence-electron chi connectivity index (χ0n) is 16.9. The third-order valence-corrected chi connectivity index (χ3v) is 5.13. The van der Waals surface area contributed by atoms with Crippen LogP contribution in [0.2, 0.25) is 0 Å². The first-order chi connectivity index (χ1) is 13.7. The van der Waals surface area contributed by atoms with Gasteiger partial charge in [-0.05, 0) is 56.7 Å². The van der Waals surface area contributed by atoms with Gasteiger partial charge in [0.15, 0.2) is 0 Å². The molecule has 5 nitrogen and oxygen atoms in total. The van der Waals surface area contributed by atoms with E-state index in [0.29, 0.717) is 13.2 Å². The van der Waals surface area contributed by atoms with Crippen LogP contribution in [-0.4, -0.2) is 51.1 Å². The number of carbonyl (C=O) groups is 1. The van der Waals surface area contributed by atoms with E-state index in [2.05, 4.69) is 34.5 Å². The number of nitrogens with zero attached hydrogens (tertiary/aromatic N) is 2. The van der Waals surface area contributed by atoms with E-state index in [0.717, 1.165) is 43.7 Å². The van der Waals surface area contributed by atoms with Gasteiger partial charge in [-0.3, -0.25) is 9.69 Å². The van der Waals surface area contributed by atoms with Crippen molar-refractivity contribution in [3.8, 4) is 0 Å². The molecule has 0 aliphatic carbocycles. The summed E-state index contributed by atoms with van der Waals surface area (Å²) in [7, 11) is 3.96. The molecule has 1 saturated heterocycles. The number of amides is 1. The quantitative estimate of drug-likeness (QED) is 0.763. The number of rotatable bonds is 8. The maximum Gasteiger partial charge on any atom is 0.241 e. The van der Waals surface area contributed by atoms with E-state index in [9.17, 15) is 4.79 Å². The summed E-state index contributed by atoms with van der Waals surface area (Å²) in [6, 6.07) is 18.5. The maximum atomic E-state index is 12.6. The van der Waals surface area contributed by atoms with Crippen LogP contribution in [0.1, 0.15) is 30.1 Å². The summed E-state index contributed by atoms with van der Waals surface area (Å²) in [4.78, 5) is 16.5. The topological polar surface area (TPSA) is 44.8 Å². The maximum absolute atomic E-state index is 12.6. The van der Waals surface area contributed by atoms with Gasteiger partial charge in [0, 0.05) is 18.8 Å². The van der Waals surface area contributed by atoms with Gasteiger partial charge in [-0.2, -0.15) is 0 Å². The molecular formula is C23H31N3O2. The Kier molecular flexibility index (Phi) is 7.60. The van der Waals surface area contributed by atoms with Crippen LogP contribution in [-0.2, 0) is 16.1 Å². The van der Waals surface area contributed by atoms with Crippen LogP contribution < -0.4 is 10.2 Å². The predicted molar refractivity (Wildman–Crippen MR) is 113 cm³/mol. The molecule has 3 rings (SSSR count). The van der Waals surface area contributed by atoms with Crippen molar-refractivity contribution >= 4 is 11.6 Å². The van der Waals surface area contributed by atoms with E-state index in [4.69, 9.17) is 4.74 Å². The minimum atomic E-state index is 0.0470. The summed E-state index contributed by atoms with van der Waals surface area (Å²) in [6.07, 6.45) is 1.95. The van der Waals surface area contributed by atoms with Crippen LogP contribution in [0.4, 0.5) is 5.69 Å². The molecule has 1 N–H and O–H groups in total. The number of ether oxygens (including phenoxy) is 1. The van der Waals surface area contributed by atoms with Crippen LogP contribution in [0, 0.1) is 0 Å². The first-order valence-corrected chi connectivity index (χ1v) is 10.1.